The van der Waals surface area contributed by atoms with Gasteiger partial charge < -0.3 is 9.88 Å². The SMILES string of the molecule is Cc1ccc(C(=O)NCc2n[nH]c(=S)n2C(C)C)c(C)n1. The number of hydrogen-bond donors (Lipinski definition) is 2. The molecule has 2 heterocycles. The van der Waals surface area contributed by atoms with E-state index in [1.165, 1.54) is 0 Å². The molecule has 1 amide bonds. The molecule has 21 heavy (non-hydrogen) atoms. The maximum absolute atomic E-state index is 12.2. The first-order chi connectivity index (χ1) is 9.90. The summed E-state index contributed by atoms with van der Waals surface area (Å²) in [6.45, 7) is 8.08. The first-order valence-electron chi connectivity index (χ1n) is 6.78. The van der Waals surface area contributed by atoms with Crippen molar-refractivity contribution < 1.29 is 4.79 Å². The van der Waals surface area contributed by atoms with Gasteiger partial charge in [0.2, 0.25) is 0 Å². The molecule has 0 spiro atoms. The van der Waals surface area contributed by atoms with E-state index in [0.717, 1.165) is 11.4 Å². The molecule has 6 nitrogen and oxygen atoms in total. The van der Waals surface area contributed by atoms with Gasteiger partial charge in [-0.1, -0.05) is 0 Å². The molecule has 112 valence electrons. The number of aromatic amines is 1. The second-order valence-electron chi connectivity index (χ2n) is 5.18. The fourth-order valence-corrected chi connectivity index (χ4v) is 2.54. The number of pyridine rings is 1. The van der Waals surface area contributed by atoms with Crippen LogP contribution in [0.1, 0.15) is 47.5 Å². The largest absolute Gasteiger partial charge is 0.345 e. The van der Waals surface area contributed by atoms with Gasteiger partial charge in [0.05, 0.1) is 17.8 Å². The molecule has 0 fully saturated rings. The second-order valence-corrected chi connectivity index (χ2v) is 5.56. The van der Waals surface area contributed by atoms with Crippen LogP contribution in [0.4, 0.5) is 0 Å². The van der Waals surface area contributed by atoms with Crippen molar-refractivity contribution in [1.82, 2.24) is 25.1 Å². The Morgan fingerprint density at radius 1 is 1.43 bits per heavy atom. The van der Waals surface area contributed by atoms with E-state index in [1.54, 1.807) is 6.07 Å². The molecular formula is C14H19N5OS. The van der Waals surface area contributed by atoms with Crippen LogP contribution in [-0.2, 0) is 6.54 Å². The Bertz CT molecular complexity index is 716. The third kappa shape index (κ3) is 3.36. The van der Waals surface area contributed by atoms with E-state index < -0.39 is 0 Å². The zero-order valence-electron chi connectivity index (χ0n) is 12.6. The number of amides is 1. The Morgan fingerprint density at radius 3 is 2.76 bits per heavy atom. The van der Waals surface area contributed by atoms with Crippen LogP contribution >= 0.6 is 12.2 Å². The molecule has 0 aliphatic carbocycles. The monoisotopic (exact) mass is 305 g/mol. The van der Waals surface area contributed by atoms with Crippen molar-refractivity contribution in [3.63, 3.8) is 0 Å². The van der Waals surface area contributed by atoms with Gasteiger partial charge in [-0.15, -0.1) is 0 Å². The number of H-pyrrole nitrogens is 1. The van der Waals surface area contributed by atoms with E-state index in [0.29, 0.717) is 22.7 Å². The Labute approximate surface area is 128 Å². The van der Waals surface area contributed by atoms with Gasteiger partial charge in [-0.3, -0.25) is 14.9 Å². The van der Waals surface area contributed by atoms with Crippen LogP contribution in [0.2, 0.25) is 0 Å². The van der Waals surface area contributed by atoms with E-state index in [2.05, 4.69) is 20.5 Å². The number of carbonyl (C=O) groups is 1. The number of aromatic nitrogens is 4. The molecule has 0 aliphatic rings. The summed E-state index contributed by atoms with van der Waals surface area (Å²) in [7, 11) is 0. The van der Waals surface area contributed by atoms with Gasteiger partial charge in [-0.05, 0) is 52.0 Å². The van der Waals surface area contributed by atoms with E-state index >= 15 is 0 Å². The van der Waals surface area contributed by atoms with E-state index in [4.69, 9.17) is 12.2 Å². The first kappa shape index (κ1) is 15.4. The van der Waals surface area contributed by atoms with Gasteiger partial charge in [-0.25, -0.2) is 0 Å². The zero-order valence-corrected chi connectivity index (χ0v) is 13.4. The Balaban J connectivity index is 2.13. The average molecular weight is 305 g/mol. The van der Waals surface area contributed by atoms with Gasteiger partial charge in [0.25, 0.3) is 5.91 Å². The summed E-state index contributed by atoms with van der Waals surface area (Å²) < 4.78 is 2.44. The molecule has 2 rings (SSSR count). The molecule has 2 aromatic rings. The van der Waals surface area contributed by atoms with Crippen LogP contribution in [0.5, 0.6) is 0 Å². The Kier molecular flexibility index (Phi) is 4.52. The van der Waals surface area contributed by atoms with Crippen molar-refractivity contribution >= 4 is 18.1 Å². The number of aryl methyl sites for hydroxylation is 2. The van der Waals surface area contributed by atoms with Crippen LogP contribution in [0.15, 0.2) is 12.1 Å². The average Bonchev–Trinajstić information content (AvgIpc) is 2.77. The molecule has 0 radical (unpaired) electrons. The number of rotatable bonds is 4. The lowest BCUT2D eigenvalue weighted by atomic mass is 10.1. The smallest absolute Gasteiger partial charge is 0.253 e. The summed E-state index contributed by atoms with van der Waals surface area (Å²) in [5, 5.41) is 9.76. The highest BCUT2D eigenvalue weighted by atomic mass is 32.1. The van der Waals surface area contributed by atoms with E-state index in [9.17, 15) is 4.79 Å². The van der Waals surface area contributed by atoms with Gasteiger partial charge >= 0.3 is 0 Å². The summed E-state index contributed by atoms with van der Waals surface area (Å²) in [5.41, 5.74) is 2.19. The fourth-order valence-electron chi connectivity index (χ4n) is 2.18. The van der Waals surface area contributed by atoms with Crippen LogP contribution < -0.4 is 5.32 Å². The standard InChI is InChI=1S/C14H19N5OS/c1-8(2)19-12(17-18-14(19)21)7-15-13(20)11-6-5-9(3)16-10(11)4/h5-6,8H,7H2,1-4H3,(H,15,20)(H,18,21). The number of nitrogens with one attached hydrogen (secondary N) is 2. The van der Waals surface area contributed by atoms with Gasteiger partial charge in [0.1, 0.15) is 0 Å². The minimum Gasteiger partial charge on any atom is -0.345 e. The molecule has 0 saturated heterocycles. The van der Waals surface area contributed by atoms with Crippen LogP contribution in [-0.4, -0.2) is 25.7 Å². The van der Waals surface area contributed by atoms with Crippen LogP contribution in [0.3, 0.4) is 0 Å². The molecule has 7 heteroatoms. The third-order valence-corrected chi connectivity index (χ3v) is 3.46. The van der Waals surface area contributed by atoms with Gasteiger partial charge in [0.15, 0.2) is 10.6 Å². The van der Waals surface area contributed by atoms with Crippen molar-refractivity contribution in [1.29, 1.82) is 0 Å². The molecule has 0 atom stereocenters. The molecule has 0 saturated carbocycles. The van der Waals surface area contributed by atoms with E-state index in [-0.39, 0.29) is 11.9 Å². The quantitative estimate of drug-likeness (QED) is 0.851. The Morgan fingerprint density at radius 2 is 2.14 bits per heavy atom. The number of carbonyl (C=O) groups excluding carboxylic acids is 1. The highest BCUT2D eigenvalue weighted by Gasteiger charge is 2.13. The highest BCUT2D eigenvalue weighted by molar-refractivity contribution is 7.71. The summed E-state index contributed by atoms with van der Waals surface area (Å²) in [6, 6.07) is 3.80. The zero-order chi connectivity index (χ0) is 15.6. The normalized spacial score (nSPS) is 10.9. The first-order valence-corrected chi connectivity index (χ1v) is 7.19. The molecule has 0 aliphatic heterocycles. The summed E-state index contributed by atoms with van der Waals surface area (Å²) in [6.07, 6.45) is 0. The Hall–Kier alpha value is -2.02. The predicted molar refractivity (Wildman–Crippen MR) is 82.7 cm³/mol. The molecule has 0 unspecified atom stereocenters. The maximum Gasteiger partial charge on any atom is 0.253 e. The summed E-state index contributed by atoms with van der Waals surface area (Å²) >= 11 is 5.18. The molecule has 0 bridgehead atoms. The molecular weight excluding hydrogens is 286 g/mol. The van der Waals surface area contributed by atoms with Crippen LogP contribution in [0, 0.1) is 18.6 Å². The number of hydrogen-bond acceptors (Lipinski definition) is 4. The van der Waals surface area contributed by atoms with Crippen LogP contribution in [0.25, 0.3) is 0 Å². The molecule has 2 aromatic heterocycles. The van der Waals surface area contributed by atoms with Crippen molar-refractivity contribution in [2.45, 2.75) is 40.3 Å². The lowest BCUT2D eigenvalue weighted by Crippen LogP contribution is -2.26. The topological polar surface area (TPSA) is 75.6 Å². The van der Waals surface area contributed by atoms with Gasteiger partial charge in [0, 0.05) is 11.7 Å². The third-order valence-electron chi connectivity index (χ3n) is 3.17. The van der Waals surface area contributed by atoms with Crippen molar-refractivity contribution in [2.24, 2.45) is 0 Å². The minimum absolute atomic E-state index is 0.163. The predicted octanol–water partition coefficient (Wildman–Crippen LogP) is 2.46. The lowest BCUT2D eigenvalue weighted by Gasteiger charge is -2.11. The van der Waals surface area contributed by atoms with Crippen molar-refractivity contribution in [2.75, 3.05) is 0 Å². The molecule has 0 aromatic carbocycles. The maximum atomic E-state index is 12.2. The van der Waals surface area contributed by atoms with E-state index in [1.807, 2.05) is 38.3 Å². The fraction of sp³-hybridized carbons (Fsp3) is 0.429. The summed E-state index contributed by atoms with van der Waals surface area (Å²) in [5.74, 6) is 0.547. The molecule has 2 N–H and O–H groups in total. The van der Waals surface area contributed by atoms with Crippen molar-refractivity contribution in [3.05, 3.63) is 39.7 Å². The highest BCUT2D eigenvalue weighted by Crippen LogP contribution is 2.10. The second kappa shape index (κ2) is 6.17. The number of nitrogens with zero attached hydrogens (tertiary/aromatic N) is 3. The lowest BCUT2D eigenvalue weighted by molar-refractivity contribution is 0.0948. The van der Waals surface area contributed by atoms with Gasteiger partial charge in [-0.2, -0.15) is 5.10 Å². The minimum atomic E-state index is -0.163. The van der Waals surface area contributed by atoms with Crippen molar-refractivity contribution in [3.8, 4) is 0 Å². The summed E-state index contributed by atoms with van der Waals surface area (Å²) in [4.78, 5) is 16.5.